The van der Waals surface area contributed by atoms with Crippen molar-refractivity contribution in [3.63, 3.8) is 0 Å². The molecule has 5 heteroatoms. The van der Waals surface area contributed by atoms with Gasteiger partial charge in [0.25, 0.3) is 0 Å². The van der Waals surface area contributed by atoms with E-state index in [1.165, 1.54) is 12.1 Å². The highest BCUT2D eigenvalue weighted by atomic mass is 35.5. The molecule has 1 atom stereocenters. The van der Waals surface area contributed by atoms with E-state index >= 15 is 0 Å². The Balaban J connectivity index is 2.11. The van der Waals surface area contributed by atoms with E-state index in [0.717, 1.165) is 25.7 Å². The lowest BCUT2D eigenvalue weighted by Crippen LogP contribution is -2.27. The van der Waals surface area contributed by atoms with Crippen LogP contribution in [-0.2, 0) is 9.84 Å². The Labute approximate surface area is 113 Å². The summed E-state index contributed by atoms with van der Waals surface area (Å²) in [5.41, 5.74) is 0. The number of hydrogen-bond acceptors (Lipinski definition) is 3. The van der Waals surface area contributed by atoms with Crippen LogP contribution in [0.4, 0.5) is 0 Å². The summed E-state index contributed by atoms with van der Waals surface area (Å²) in [5, 5.41) is 10.4. The molecule has 1 aliphatic rings. The predicted octanol–water partition coefficient (Wildman–Crippen LogP) is 2.66. The molecule has 100 valence electrons. The number of halogens is 1. The largest absolute Gasteiger partial charge is 0.392 e. The molecule has 0 amide bonds. The van der Waals surface area contributed by atoms with Gasteiger partial charge in [0.05, 0.1) is 16.8 Å². The van der Waals surface area contributed by atoms with Crippen molar-refractivity contribution < 1.29 is 13.5 Å². The van der Waals surface area contributed by atoms with Crippen molar-refractivity contribution in [3.8, 4) is 0 Å². The van der Waals surface area contributed by atoms with E-state index in [2.05, 4.69) is 0 Å². The van der Waals surface area contributed by atoms with Crippen molar-refractivity contribution in [2.45, 2.75) is 36.7 Å². The fourth-order valence-electron chi connectivity index (χ4n) is 2.46. The second-order valence-electron chi connectivity index (χ2n) is 4.85. The van der Waals surface area contributed by atoms with Crippen molar-refractivity contribution >= 4 is 21.4 Å². The van der Waals surface area contributed by atoms with Gasteiger partial charge in [0.1, 0.15) is 0 Å². The van der Waals surface area contributed by atoms with Gasteiger partial charge in [0.15, 0.2) is 9.84 Å². The molecule has 0 spiro atoms. The third-order valence-electron chi connectivity index (χ3n) is 3.49. The van der Waals surface area contributed by atoms with Crippen LogP contribution >= 0.6 is 11.6 Å². The molecule has 2 rings (SSSR count). The molecule has 3 nitrogen and oxygen atoms in total. The molecule has 1 N–H and O–H groups in total. The number of benzene rings is 1. The lowest BCUT2D eigenvalue weighted by molar-refractivity contribution is 0.131. The van der Waals surface area contributed by atoms with E-state index in [-0.39, 0.29) is 16.6 Å². The van der Waals surface area contributed by atoms with Crippen LogP contribution < -0.4 is 0 Å². The second-order valence-corrected chi connectivity index (χ2v) is 7.32. The minimum Gasteiger partial charge on any atom is -0.392 e. The van der Waals surface area contributed by atoms with Gasteiger partial charge in [-0.05, 0) is 37.0 Å². The van der Waals surface area contributed by atoms with Crippen molar-refractivity contribution in [3.05, 3.63) is 29.3 Å². The zero-order chi connectivity index (χ0) is 13.2. The summed E-state index contributed by atoms with van der Waals surface area (Å²) in [5.74, 6) is -0.0863. The average molecular weight is 289 g/mol. The molecule has 1 aromatic carbocycles. The topological polar surface area (TPSA) is 54.4 Å². The van der Waals surface area contributed by atoms with Gasteiger partial charge in [-0.2, -0.15) is 0 Å². The first kappa shape index (κ1) is 13.8. The lowest BCUT2D eigenvalue weighted by atomic mass is 10.0. The molecule has 0 aliphatic heterocycles. The summed E-state index contributed by atoms with van der Waals surface area (Å²) in [4.78, 5) is 0.187. The van der Waals surface area contributed by atoms with Crippen molar-refractivity contribution in [2.24, 2.45) is 5.92 Å². The van der Waals surface area contributed by atoms with Crippen molar-refractivity contribution in [1.29, 1.82) is 0 Å². The van der Waals surface area contributed by atoms with E-state index in [1.54, 1.807) is 12.1 Å². The maximum absolute atomic E-state index is 12.1. The smallest absolute Gasteiger partial charge is 0.180 e. The van der Waals surface area contributed by atoms with Gasteiger partial charge in [-0.15, -0.1) is 0 Å². The van der Waals surface area contributed by atoms with Crippen molar-refractivity contribution in [1.82, 2.24) is 0 Å². The normalized spacial score (nSPS) is 19.0. The van der Waals surface area contributed by atoms with E-state index < -0.39 is 15.9 Å². The number of sulfone groups is 1. The summed E-state index contributed by atoms with van der Waals surface area (Å²) in [6, 6.07) is 6.19. The van der Waals surface area contributed by atoms with Crippen LogP contribution in [0.5, 0.6) is 0 Å². The van der Waals surface area contributed by atoms with E-state index in [4.69, 9.17) is 11.6 Å². The molecule has 0 saturated heterocycles. The Morgan fingerprint density at radius 1 is 1.33 bits per heavy atom. The monoisotopic (exact) mass is 288 g/mol. The molecular weight excluding hydrogens is 272 g/mol. The quantitative estimate of drug-likeness (QED) is 0.927. The molecular formula is C13H17ClO3S. The highest BCUT2D eigenvalue weighted by Crippen LogP contribution is 2.29. The third kappa shape index (κ3) is 3.25. The Hall–Kier alpha value is -0.580. The fraction of sp³-hybridized carbons (Fsp3) is 0.538. The molecule has 0 radical (unpaired) electrons. The number of aliphatic hydroxyl groups is 1. The van der Waals surface area contributed by atoms with Crippen LogP contribution in [0.15, 0.2) is 29.2 Å². The predicted molar refractivity (Wildman–Crippen MR) is 71.5 cm³/mol. The SMILES string of the molecule is O=S(=O)(CC(O)C1CCCC1)c1cccc(Cl)c1. The Bertz CT molecular complexity index is 507. The number of hydrogen-bond donors (Lipinski definition) is 1. The maximum atomic E-state index is 12.1. The summed E-state index contributed by atoms with van der Waals surface area (Å²) >= 11 is 5.79. The zero-order valence-corrected chi connectivity index (χ0v) is 11.6. The third-order valence-corrected chi connectivity index (χ3v) is 5.48. The molecule has 1 saturated carbocycles. The summed E-state index contributed by atoms with van der Waals surface area (Å²) in [6.07, 6.45) is 3.24. The van der Waals surface area contributed by atoms with Crippen LogP contribution in [-0.4, -0.2) is 25.4 Å². The van der Waals surface area contributed by atoms with Gasteiger partial charge in [0, 0.05) is 5.02 Å². The summed E-state index contributed by atoms with van der Waals surface area (Å²) in [6.45, 7) is 0. The first-order valence-electron chi connectivity index (χ1n) is 6.15. The van der Waals surface area contributed by atoms with E-state index in [9.17, 15) is 13.5 Å². The maximum Gasteiger partial charge on any atom is 0.180 e. The molecule has 1 unspecified atom stereocenters. The van der Waals surface area contributed by atoms with Gasteiger partial charge >= 0.3 is 0 Å². The van der Waals surface area contributed by atoms with Crippen LogP contribution in [0.25, 0.3) is 0 Å². The highest BCUT2D eigenvalue weighted by Gasteiger charge is 2.28. The van der Waals surface area contributed by atoms with Gasteiger partial charge < -0.3 is 5.11 Å². The number of rotatable bonds is 4. The second kappa shape index (κ2) is 5.59. The molecule has 0 heterocycles. The van der Waals surface area contributed by atoms with Gasteiger partial charge in [-0.3, -0.25) is 0 Å². The first-order valence-corrected chi connectivity index (χ1v) is 8.18. The van der Waals surface area contributed by atoms with E-state index in [1.807, 2.05) is 0 Å². The first-order chi connectivity index (χ1) is 8.49. The van der Waals surface area contributed by atoms with Crippen LogP contribution in [0.3, 0.4) is 0 Å². The van der Waals surface area contributed by atoms with Gasteiger partial charge in [-0.1, -0.05) is 30.5 Å². The number of aliphatic hydroxyl groups excluding tert-OH is 1. The Morgan fingerprint density at radius 3 is 2.61 bits per heavy atom. The van der Waals surface area contributed by atoms with Crippen molar-refractivity contribution in [2.75, 3.05) is 5.75 Å². The highest BCUT2D eigenvalue weighted by molar-refractivity contribution is 7.91. The molecule has 0 aromatic heterocycles. The molecule has 18 heavy (non-hydrogen) atoms. The average Bonchev–Trinajstić information content (AvgIpc) is 2.82. The summed E-state index contributed by atoms with van der Waals surface area (Å²) in [7, 11) is -3.45. The minimum absolute atomic E-state index is 0.124. The van der Waals surface area contributed by atoms with E-state index in [0.29, 0.717) is 5.02 Å². The molecule has 1 aromatic rings. The standard InChI is InChI=1S/C13H17ClO3S/c14-11-6-3-7-12(8-11)18(16,17)9-13(15)10-4-1-2-5-10/h3,6-8,10,13,15H,1-2,4-5,9H2. The fourth-order valence-corrected chi connectivity index (χ4v) is 4.22. The molecule has 1 aliphatic carbocycles. The lowest BCUT2D eigenvalue weighted by Gasteiger charge is -2.17. The zero-order valence-electron chi connectivity index (χ0n) is 10.0. The molecule has 1 fully saturated rings. The Kier molecular flexibility index (Phi) is 4.30. The van der Waals surface area contributed by atoms with Gasteiger partial charge in [0.2, 0.25) is 0 Å². The Morgan fingerprint density at radius 2 is 2.00 bits per heavy atom. The molecule has 0 bridgehead atoms. The van der Waals surface area contributed by atoms with Crippen LogP contribution in [0, 0.1) is 5.92 Å². The minimum atomic E-state index is -3.45. The van der Waals surface area contributed by atoms with Crippen LogP contribution in [0.2, 0.25) is 5.02 Å². The van der Waals surface area contributed by atoms with Crippen LogP contribution in [0.1, 0.15) is 25.7 Å². The van der Waals surface area contributed by atoms with Gasteiger partial charge in [-0.25, -0.2) is 8.42 Å². The summed E-state index contributed by atoms with van der Waals surface area (Å²) < 4.78 is 24.3.